The van der Waals surface area contributed by atoms with Gasteiger partial charge in [0.25, 0.3) is 0 Å². The SMILES string of the molecule is Cc1ccc(OCC(C)CNC(C)C)cc1. The predicted molar refractivity (Wildman–Crippen MR) is 69.0 cm³/mol. The van der Waals surface area contributed by atoms with Crippen LogP contribution in [-0.4, -0.2) is 19.2 Å². The van der Waals surface area contributed by atoms with Gasteiger partial charge in [-0.1, -0.05) is 38.5 Å². The molecular formula is C14H23NO. The lowest BCUT2D eigenvalue weighted by molar-refractivity contribution is 0.253. The molecule has 0 bridgehead atoms. The number of hydrogen-bond acceptors (Lipinski definition) is 2. The Morgan fingerprint density at radius 2 is 1.75 bits per heavy atom. The van der Waals surface area contributed by atoms with E-state index < -0.39 is 0 Å². The second-order valence-electron chi connectivity index (χ2n) is 4.79. The average molecular weight is 221 g/mol. The normalized spacial score (nSPS) is 12.8. The van der Waals surface area contributed by atoms with Crippen molar-refractivity contribution >= 4 is 0 Å². The highest BCUT2D eigenvalue weighted by Gasteiger charge is 2.03. The predicted octanol–water partition coefficient (Wildman–Crippen LogP) is 3.01. The summed E-state index contributed by atoms with van der Waals surface area (Å²) in [6.45, 7) is 10.4. The maximum Gasteiger partial charge on any atom is 0.119 e. The maximum absolute atomic E-state index is 5.72. The molecule has 0 aliphatic heterocycles. The lowest BCUT2D eigenvalue weighted by Crippen LogP contribution is -2.30. The molecule has 0 heterocycles. The Labute approximate surface area is 99.0 Å². The fourth-order valence-corrected chi connectivity index (χ4v) is 1.37. The number of ether oxygens (including phenoxy) is 1. The Kier molecular flexibility index (Phi) is 5.33. The van der Waals surface area contributed by atoms with E-state index in [-0.39, 0.29) is 0 Å². The first kappa shape index (κ1) is 13.0. The lowest BCUT2D eigenvalue weighted by Gasteiger charge is -2.15. The summed E-state index contributed by atoms with van der Waals surface area (Å²) >= 11 is 0. The van der Waals surface area contributed by atoms with Crippen molar-refractivity contribution in [2.24, 2.45) is 5.92 Å². The van der Waals surface area contributed by atoms with E-state index in [4.69, 9.17) is 4.74 Å². The molecular weight excluding hydrogens is 198 g/mol. The summed E-state index contributed by atoms with van der Waals surface area (Å²) in [5.41, 5.74) is 1.27. The van der Waals surface area contributed by atoms with Crippen molar-refractivity contribution < 1.29 is 4.74 Å². The van der Waals surface area contributed by atoms with Crippen LogP contribution in [0.4, 0.5) is 0 Å². The highest BCUT2D eigenvalue weighted by atomic mass is 16.5. The van der Waals surface area contributed by atoms with E-state index >= 15 is 0 Å². The van der Waals surface area contributed by atoms with Crippen molar-refractivity contribution in [2.45, 2.75) is 33.7 Å². The van der Waals surface area contributed by atoms with Crippen molar-refractivity contribution in [1.82, 2.24) is 5.32 Å². The molecule has 1 atom stereocenters. The third kappa shape index (κ3) is 5.17. The zero-order valence-electron chi connectivity index (χ0n) is 10.8. The summed E-state index contributed by atoms with van der Waals surface area (Å²) in [7, 11) is 0. The molecule has 16 heavy (non-hydrogen) atoms. The molecule has 0 spiro atoms. The summed E-state index contributed by atoms with van der Waals surface area (Å²) in [4.78, 5) is 0. The van der Waals surface area contributed by atoms with Gasteiger partial charge in [0.15, 0.2) is 0 Å². The van der Waals surface area contributed by atoms with Gasteiger partial charge in [-0.25, -0.2) is 0 Å². The third-order valence-electron chi connectivity index (χ3n) is 2.43. The maximum atomic E-state index is 5.72. The first-order chi connectivity index (χ1) is 7.58. The molecule has 0 aliphatic carbocycles. The lowest BCUT2D eigenvalue weighted by atomic mass is 10.2. The standard InChI is InChI=1S/C14H23NO/c1-11(2)15-9-13(4)10-16-14-7-5-12(3)6-8-14/h5-8,11,13,15H,9-10H2,1-4H3. The molecule has 0 saturated carbocycles. The molecule has 1 unspecified atom stereocenters. The Balaban J connectivity index is 2.26. The van der Waals surface area contributed by atoms with Crippen LogP contribution in [-0.2, 0) is 0 Å². The zero-order chi connectivity index (χ0) is 12.0. The van der Waals surface area contributed by atoms with Crippen LogP contribution in [0, 0.1) is 12.8 Å². The summed E-state index contributed by atoms with van der Waals surface area (Å²) in [5.74, 6) is 1.49. The van der Waals surface area contributed by atoms with Crippen LogP contribution in [0.25, 0.3) is 0 Å². The van der Waals surface area contributed by atoms with Gasteiger partial charge < -0.3 is 10.1 Å². The van der Waals surface area contributed by atoms with E-state index in [1.54, 1.807) is 0 Å². The minimum absolute atomic E-state index is 0.531. The Bertz CT molecular complexity index is 292. The minimum atomic E-state index is 0.531. The molecule has 0 fully saturated rings. The van der Waals surface area contributed by atoms with E-state index in [0.717, 1.165) is 18.9 Å². The van der Waals surface area contributed by atoms with Crippen molar-refractivity contribution in [1.29, 1.82) is 0 Å². The van der Waals surface area contributed by atoms with Crippen molar-refractivity contribution in [3.05, 3.63) is 29.8 Å². The Morgan fingerprint density at radius 3 is 2.31 bits per heavy atom. The second kappa shape index (κ2) is 6.54. The monoisotopic (exact) mass is 221 g/mol. The molecule has 1 aromatic carbocycles. The van der Waals surface area contributed by atoms with Crippen LogP contribution in [0.15, 0.2) is 24.3 Å². The van der Waals surface area contributed by atoms with Gasteiger partial charge in [-0.2, -0.15) is 0 Å². The van der Waals surface area contributed by atoms with Gasteiger partial charge in [-0.15, -0.1) is 0 Å². The van der Waals surface area contributed by atoms with Gasteiger partial charge in [0, 0.05) is 18.5 Å². The summed E-state index contributed by atoms with van der Waals surface area (Å²) in [5, 5.41) is 3.41. The topological polar surface area (TPSA) is 21.3 Å². The van der Waals surface area contributed by atoms with Gasteiger partial charge in [0.05, 0.1) is 6.61 Å². The largest absolute Gasteiger partial charge is 0.493 e. The number of benzene rings is 1. The molecule has 1 N–H and O–H groups in total. The van der Waals surface area contributed by atoms with Crippen molar-refractivity contribution in [3.63, 3.8) is 0 Å². The van der Waals surface area contributed by atoms with Crippen LogP contribution in [0.5, 0.6) is 5.75 Å². The summed E-state index contributed by atoms with van der Waals surface area (Å²) in [6.07, 6.45) is 0. The first-order valence-electron chi connectivity index (χ1n) is 6.00. The Morgan fingerprint density at radius 1 is 1.12 bits per heavy atom. The minimum Gasteiger partial charge on any atom is -0.493 e. The van der Waals surface area contributed by atoms with Gasteiger partial charge in [-0.05, 0) is 19.1 Å². The molecule has 0 aliphatic rings. The van der Waals surface area contributed by atoms with Crippen LogP contribution in [0.3, 0.4) is 0 Å². The number of nitrogens with one attached hydrogen (secondary N) is 1. The van der Waals surface area contributed by atoms with E-state index in [0.29, 0.717) is 12.0 Å². The highest BCUT2D eigenvalue weighted by molar-refractivity contribution is 5.26. The number of hydrogen-bond donors (Lipinski definition) is 1. The molecule has 0 saturated heterocycles. The van der Waals surface area contributed by atoms with E-state index in [1.165, 1.54) is 5.56 Å². The number of aryl methyl sites for hydroxylation is 1. The van der Waals surface area contributed by atoms with Gasteiger partial charge in [0.2, 0.25) is 0 Å². The molecule has 0 amide bonds. The highest BCUT2D eigenvalue weighted by Crippen LogP contribution is 2.12. The second-order valence-corrected chi connectivity index (χ2v) is 4.79. The van der Waals surface area contributed by atoms with Crippen LogP contribution in [0.2, 0.25) is 0 Å². The summed E-state index contributed by atoms with van der Waals surface area (Å²) < 4.78 is 5.72. The quantitative estimate of drug-likeness (QED) is 0.797. The Hall–Kier alpha value is -1.02. The fourth-order valence-electron chi connectivity index (χ4n) is 1.37. The van der Waals surface area contributed by atoms with Gasteiger partial charge >= 0.3 is 0 Å². The fraction of sp³-hybridized carbons (Fsp3) is 0.571. The van der Waals surface area contributed by atoms with E-state index in [2.05, 4.69) is 45.1 Å². The molecule has 1 aromatic rings. The van der Waals surface area contributed by atoms with Crippen LogP contribution < -0.4 is 10.1 Å². The average Bonchev–Trinajstić information content (AvgIpc) is 2.25. The van der Waals surface area contributed by atoms with E-state index in [9.17, 15) is 0 Å². The molecule has 0 radical (unpaired) electrons. The molecule has 0 aromatic heterocycles. The first-order valence-corrected chi connectivity index (χ1v) is 6.00. The smallest absolute Gasteiger partial charge is 0.119 e. The van der Waals surface area contributed by atoms with Gasteiger partial charge in [0.1, 0.15) is 5.75 Å². The van der Waals surface area contributed by atoms with E-state index in [1.807, 2.05) is 12.1 Å². The zero-order valence-corrected chi connectivity index (χ0v) is 10.8. The van der Waals surface area contributed by atoms with Crippen molar-refractivity contribution in [3.8, 4) is 5.75 Å². The van der Waals surface area contributed by atoms with Crippen LogP contribution in [0.1, 0.15) is 26.3 Å². The summed E-state index contributed by atoms with van der Waals surface area (Å²) in [6, 6.07) is 8.75. The van der Waals surface area contributed by atoms with Gasteiger partial charge in [-0.3, -0.25) is 0 Å². The molecule has 90 valence electrons. The van der Waals surface area contributed by atoms with Crippen molar-refractivity contribution in [2.75, 3.05) is 13.2 Å². The molecule has 1 rings (SSSR count). The number of rotatable bonds is 6. The third-order valence-corrected chi connectivity index (χ3v) is 2.43. The molecule has 2 heteroatoms. The van der Waals surface area contributed by atoms with Crippen LogP contribution >= 0.6 is 0 Å². The molecule has 2 nitrogen and oxygen atoms in total.